The lowest BCUT2D eigenvalue weighted by Gasteiger charge is -2.11. The number of aromatic nitrogens is 4. The fourth-order valence-corrected chi connectivity index (χ4v) is 2.80. The molecule has 1 aliphatic rings. The summed E-state index contributed by atoms with van der Waals surface area (Å²) >= 11 is 0. The standard InChI is InChI=1S/C17H20N4O3/c1-10(2)16-11(17(22)23)8-18-15(19-16)5-4-14-12-9-24-7-6-13(12)20-21(14)3/h4-5,8,10H,6-7,9H2,1-3H3,(H,22,23)/b5-4+. The first kappa shape index (κ1) is 16.3. The van der Waals surface area contributed by atoms with Crippen LogP contribution in [-0.4, -0.2) is 37.4 Å². The molecule has 1 N–H and O–H groups in total. The highest BCUT2D eigenvalue weighted by atomic mass is 16.5. The summed E-state index contributed by atoms with van der Waals surface area (Å²) < 4.78 is 7.34. The molecule has 0 spiro atoms. The normalized spacial score (nSPS) is 14.3. The molecule has 0 aromatic carbocycles. The number of ether oxygens (including phenoxy) is 1. The van der Waals surface area contributed by atoms with Crippen molar-refractivity contribution in [2.45, 2.75) is 32.8 Å². The van der Waals surface area contributed by atoms with Crippen LogP contribution in [0.15, 0.2) is 6.20 Å². The summed E-state index contributed by atoms with van der Waals surface area (Å²) in [7, 11) is 1.89. The second-order valence-electron chi connectivity index (χ2n) is 6.06. The highest BCUT2D eigenvalue weighted by Crippen LogP contribution is 2.22. The van der Waals surface area contributed by atoms with Crippen molar-refractivity contribution in [3.63, 3.8) is 0 Å². The molecule has 0 saturated carbocycles. The Labute approximate surface area is 140 Å². The van der Waals surface area contributed by atoms with Gasteiger partial charge in [-0.2, -0.15) is 5.10 Å². The number of fused-ring (bicyclic) bond motifs is 1. The topological polar surface area (TPSA) is 90.1 Å². The Morgan fingerprint density at radius 3 is 2.92 bits per heavy atom. The van der Waals surface area contributed by atoms with E-state index >= 15 is 0 Å². The average Bonchev–Trinajstić information content (AvgIpc) is 2.87. The minimum atomic E-state index is -1.01. The van der Waals surface area contributed by atoms with Crippen molar-refractivity contribution >= 4 is 18.1 Å². The van der Waals surface area contributed by atoms with Crippen LogP contribution in [0.4, 0.5) is 0 Å². The molecule has 126 valence electrons. The zero-order valence-electron chi connectivity index (χ0n) is 14.0. The van der Waals surface area contributed by atoms with E-state index in [2.05, 4.69) is 15.1 Å². The van der Waals surface area contributed by atoms with Crippen molar-refractivity contribution in [2.75, 3.05) is 6.61 Å². The monoisotopic (exact) mass is 328 g/mol. The smallest absolute Gasteiger partial charge is 0.339 e. The lowest BCUT2D eigenvalue weighted by Crippen LogP contribution is -2.09. The summed E-state index contributed by atoms with van der Waals surface area (Å²) in [5, 5.41) is 13.7. The van der Waals surface area contributed by atoms with Crippen LogP contribution in [0.2, 0.25) is 0 Å². The van der Waals surface area contributed by atoms with Gasteiger partial charge in [0.25, 0.3) is 0 Å². The molecule has 24 heavy (non-hydrogen) atoms. The molecule has 2 aromatic heterocycles. The number of hydrogen-bond donors (Lipinski definition) is 1. The van der Waals surface area contributed by atoms with Crippen molar-refractivity contribution in [3.05, 3.63) is 40.2 Å². The third-order valence-corrected chi connectivity index (χ3v) is 4.01. The Hall–Kier alpha value is -2.54. The Morgan fingerprint density at radius 1 is 1.42 bits per heavy atom. The second-order valence-corrected chi connectivity index (χ2v) is 6.06. The van der Waals surface area contributed by atoms with Crippen LogP contribution in [0.3, 0.4) is 0 Å². The summed E-state index contributed by atoms with van der Waals surface area (Å²) in [6.07, 6.45) is 5.87. The molecule has 0 unspecified atom stereocenters. The van der Waals surface area contributed by atoms with E-state index in [9.17, 15) is 9.90 Å². The van der Waals surface area contributed by atoms with Crippen molar-refractivity contribution in [3.8, 4) is 0 Å². The number of aromatic carboxylic acids is 1. The second kappa shape index (κ2) is 6.52. The number of hydrogen-bond acceptors (Lipinski definition) is 5. The predicted molar refractivity (Wildman–Crippen MR) is 88.6 cm³/mol. The quantitative estimate of drug-likeness (QED) is 0.926. The molecule has 0 radical (unpaired) electrons. The van der Waals surface area contributed by atoms with Crippen LogP contribution in [0.1, 0.15) is 58.6 Å². The van der Waals surface area contributed by atoms with Gasteiger partial charge in [-0.1, -0.05) is 13.8 Å². The van der Waals surface area contributed by atoms with Gasteiger partial charge in [0.1, 0.15) is 0 Å². The van der Waals surface area contributed by atoms with Crippen LogP contribution in [-0.2, 0) is 24.8 Å². The number of nitrogens with zero attached hydrogens (tertiary/aromatic N) is 4. The Morgan fingerprint density at radius 2 is 2.21 bits per heavy atom. The molecule has 7 nitrogen and oxygen atoms in total. The van der Waals surface area contributed by atoms with E-state index in [1.165, 1.54) is 6.20 Å². The molecule has 2 aromatic rings. The summed E-state index contributed by atoms with van der Waals surface area (Å²) in [6, 6.07) is 0. The number of aryl methyl sites for hydroxylation is 1. The fourth-order valence-electron chi connectivity index (χ4n) is 2.80. The minimum absolute atomic E-state index is 0.00381. The van der Waals surface area contributed by atoms with E-state index in [1.807, 2.05) is 31.7 Å². The zero-order valence-corrected chi connectivity index (χ0v) is 14.0. The Balaban J connectivity index is 1.94. The number of carbonyl (C=O) groups is 1. The molecule has 0 saturated heterocycles. The van der Waals surface area contributed by atoms with Crippen molar-refractivity contribution in [1.29, 1.82) is 0 Å². The zero-order chi connectivity index (χ0) is 17.3. The van der Waals surface area contributed by atoms with E-state index in [4.69, 9.17) is 4.74 Å². The maximum Gasteiger partial charge on any atom is 0.339 e. The molecule has 0 amide bonds. The van der Waals surface area contributed by atoms with Crippen LogP contribution < -0.4 is 0 Å². The van der Waals surface area contributed by atoms with E-state index in [-0.39, 0.29) is 11.5 Å². The molecule has 0 fully saturated rings. The van der Waals surface area contributed by atoms with Gasteiger partial charge in [0.05, 0.1) is 35.9 Å². The number of carboxylic acids is 1. The first-order valence-electron chi connectivity index (χ1n) is 7.88. The van der Waals surface area contributed by atoms with Gasteiger partial charge < -0.3 is 9.84 Å². The first-order valence-corrected chi connectivity index (χ1v) is 7.88. The highest BCUT2D eigenvalue weighted by Gasteiger charge is 2.18. The lowest BCUT2D eigenvalue weighted by molar-refractivity contribution is 0.0694. The maximum atomic E-state index is 11.3. The van der Waals surface area contributed by atoms with E-state index in [1.54, 1.807) is 6.08 Å². The van der Waals surface area contributed by atoms with E-state index < -0.39 is 5.97 Å². The van der Waals surface area contributed by atoms with Crippen LogP contribution >= 0.6 is 0 Å². The molecule has 0 aliphatic carbocycles. The average molecular weight is 328 g/mol. The van der Waals surface area contributed by atoms with Crippen molar-refractivity contribution < 1.29 is 14.6 Å². The minimum Gasteiger partial charge on any atom is -0.478 e. The van der Waals surface area contributed by atoms with Crippen LogP contribution in [0, 0.1) is 0 Å². The maximum absolute atomic E-state index is 11.3. The first-order chi connectivity index (χ1) is 11.5. The third-order valence-electron chi connectivity index (χ3n) is 4.01. The van der Waals surface area contributed by atoms with Crippen molar-refractivity contribution in [2.24, 2.45) is 7.05 Å². The highest BCUT2D eigenvalue weighted by molar-refractivity contribution is 5.88. The number of carboxylic acid groups (broad SMARTS) is 1. The molecule has 3 heterocycles. The van der Waals surface area contributed by atoms with Crippen molar-refractivity contribution in [1.82, 2.24) is 19.7 Å². The van der Waals surface area contributed by atoms with Gasteiger partial charge in [0, 0.05) is 25.2 Å². The number of rotatable bonds is 4. The largest absolute Gasteiger partial charge is 0.478 e. The molecule has 0 atom stereocenters. The Bertz CT molecular complexity index is 808. The van der Waals surface area contributed by atoms with Gasteiger partial charge in [0.15, 0.2) is 5.82 Å². The van der Waals surface area contributed by atoms with E-state index in [0.29, 0.717) is 24.7 Å². The fraction of sp³-hybridized carbons (Fsp3) is 0.412. The molecule has 0 bridgehead atoms. The summed E-state index contributed by atoms with van der Waals surface area (Å²) in [4.78, 5) is 19.8. The van der Waals surface area contributed by atoms with Gasteiger partial charge in [-0.05, 0) is 18.1 Å². The SMILES string of the molecule is CC(C)c1nc(/C=C/c2c3c(nn2C)CCOC3)ncc1C(=O)O. The van der Waals surface area contributed by atoms with Gasteiger partial charge in [-0.3, -0.25) is 4.68 Å². The van der Waals surface area contributed by atoms with Gasteiger partial charge in [-0.25, -0.2) is 14.8 Å². The van der Waals surface area contributed by atoms with E-state index in [0.717, 1.165) is 23.4 Å². The van der Waals surface area contributed by atoms with Crippen LogP contribution in [0.25, 0.3) is 12.2 Å². The van der Waals surface area contributed by atoms with Crippen LogP contribution in [0.5, 0.6) is 0 Å². The molecule has 1 aliphatic heterocycles. The Kier molecular flexibility index (Phi) is 4.44. The molecular weight excluding hydrogens is 308 g/mol. The van der Waals surface area contributed by atoms with Gasteiger partial charge in [0.2, 0.25) is 0 Å². The molecule has 3 rings (SSSR count). The lowest BCUT2D eigenvalue weighted by atomic mass is 10.1. The molecule has 7 heteroatoms. The molecular formula is C17H20N4O3. The predicted octanol–water partition coefficient (Wildman–Crippen LogP) is 2.27. The third kappa shape index (κ3) is 3.07. The van der Waals surface area contributed by atoms with Gasteiger partial charge in [-0.15, -0.1) is 0 Å². The summed E-state index contributed by atoms with van der Waals surface area (Å²) in [5.74, 6) is -0.522. The summed E-state index contributed by atoms with van der Waals surface area (Å²) in [5.41, 5.74) is 3.79. The van der Waals surface area contributed by atoms with Gasteiger partial charge >= 0.3 is 5.97 Å². The summed E-state index contributed by atoms with van der Waals surface area (Å²) in [6.45, 7) is 5.08.